The molecule has 0 spiro atoms. The van der Waals surface area contributed by atoms with Crippen molar-refractivity contribution >= 4 is 50.9 Å². The third kappa shape index (κ3) is 4.62. The third-order valence-corrected chi connectivity index (χ3v) is 5.57. The molecule has 0 saturated heterocycles. The number of halogens is 2. The Labute approximate surface area is 191 Å². The first-order valence-electron chi connectivity index (χ1n) is 9.44. The monoisotopic (exact) mass is 497 g/mol. The van der Waals surface area contributed by atoms with E-state index in [9.17, 15) is 14.4 Å². The average molecular weight is 499 g/mol. The molecule has 0 saturated carbocycles. The van der Waals surface area contributed by atoms with Crippen LogP contribution in [-0.2, 0) is 20.9 Å². The largest absolute Gasteiger partial charge is 0.529 e. The predicted molar refractivity (Wildman–Crippen MR) is 121 cm³/mol. The van der Waals surface area contributed by atoms with E-state index in [4.69, 9.17) is 11.6 Å². The van der Waals surface area contributed by atoms with Crippen LogP contribution in [0.15, 0.2) is 77.3 Å². The molecule has 0 aliphatic carbocycles. The third-order valence-electron chi connectivity index (χ3n) is 4.81. The first-order valence-corrected chi connectivity index (χ1v) is 10.6. The van der Waals surface area contributed by atoms with Crippen molar-refractivity contribution in [3.63, 3.8) is 0 Å². The van der Waals surface area contributed by atoms with E-state index in [2.05, 4.69) is 21.2 Å². The Morgan fingerprint density at radius 2 is 1.55 bits per heavy atom. The highest BCUT2D eigenvalue weighted by molar-refractivity contribution is 9.10. The van der Waals surface area contributed by atoms with Gasteiger partial charge in [-0.25, -0.2) is 9.59 Å². The van der Waals surface area contributed by atoms with Crippen LogP contribution in [0.2, 0.25) is 5.02 Å². The van der Waals surface area contributed by atoms with Crippen LogP contribution in [0.1, 0.15) is 5.56 Å². The highest BCUT2D eigenvalue weighted by Crippen LogP contribution is 2.14. The summed E-state index contributed by atoms with van der Waals surface area (Å²) >= 11 is 9.51. The molecule has 3 amide bonds. The van der Waals surface area contributed by atoms with Gasteiger partial charge in [0, 0.05) is 32.9 Å². The van der Waals surface area contributed by atoms with Crippen molar-refractivity contribution in [3.8, 4) is 0 Å². The minimum Gasteiger partial charge on any atom is -0.321 e. The molecule has 1 aliphatic heterocycles. The zero-order valence-electron chi connectivity index (χ0n) is 16.2. The highest BCUT2D eigenvalue weighted by Gasteiger charge is 2.43. The SMILES string of the molecule is O=C(C[N+]1=c2cc(Cl)ccc2=[N+](Cc2ccccc2)C(=O)C1=O)Nc1ccc(Br)cc1. The second-order valence-corrected chi connectivity index (χ2v) is 8.31. The van der Waals surface area contributed by atoms with E-state index in [0.717, 1.165) is 10.0 Å². The lowest BCUT2D eigenvalue weighted by molar-refractivity contribution is -0.142. The summed E-state index contributed by atoms with van der Waals surface area (Å²) in [6, 6.07) is 21.4. The Kier molecular flexibility index (Phi) is 6.06. The summed E-state index contributed by atoms with van der Waals surface area (Å²) in [6.07, 6.45) is 0. The summed E-state index contributed by atoms with van der Waals surface area (Å²) in [5.74, 6) is -1.90. The van der Waals surface area contributed by atoms with Gasteiger partial charge in [-0.1, -0.05) is 57.9 Å². The van der Waals surface area contributed by atoms with Gasteiger partial charge >= 0.3 is 11.8 Å². The van der Waals surface area contributed by atoms with Crippen LogP contribution in [0.5, 0.6) is 0 Å². The first-order chi connectivity index (χ1) is 14.9. The fourth-order valence-electron chi connectivity index (χ4n) is 3.35. The maximum Gasteiger partial charge on any atom is 0.529 e. The Balaban J connectivity index is 1.76. The van der Waals surface area contributed by atoms with Crippen molar-refractivity contribution in [3.05, 3.63) is 98.6 Å². The van der Waals surface area contributed by atoms with Gasteiger partial charge in [-0.3, -0.25) is 4.79 Å². The first kappa shape index (κ1) is 21.1. The van der Waals surface area contributed by atoms with E-state index >= 15 is 0 Å². The van der Waals surface area contributed by atoms with Crippen molar-refractivity contribution in [2.75, 3.05) is 11.9 Å². The molecule has 0 radical (unpaired) electrons. The van der Waals surface area contributed by atoms with E-state index in [0.29, 0.717) is 21.4 Å². The molecule has 1 N–H and O–H groups in total. The molecule has 3 aromatic carbocycles. The number of carbonyl (C=O) groups excluding carboxylic acids is 3. The van der Waals surface area contributed by atoms with Crippen molar-refractivity contribution < 1.29 is 14.4 Å². The summed E-state index contributed by atoms with van der Waals surface area (Å²) in [6.45, 7) is -0.0773. The number of benzene rings is 3. The molecule has 0 aromatic heterocycles. The molecule has 1 aliphatic rings. The van der Waals surface area contributed by atoms with Gasteiger partial charge in [-0.05, 0) is 30.3 Å². The number of nitrogens with zero attached hydrogens (tertiary/aromatic N) is 2. The lowest BCUT2D eigenvalue weighted by atomic mass is 10.2. The molecule has 0 bridgehead atoms. The minimum atomic E-state index is -0.781. The second kappa shape index (κ2) is 8.91. The fourth-order valence-corrected chi connectivity index (χ4v) is 3.78. The predicted octanol–water partition coefficient (Wildman–Crippen LogP) is 1.99. The molecule has 0 fully saturated rings. The molecule has 31 heavy (non-hydrogen) atoms. The van der Waals surface area contributed by atoms with E-state index in [1.807, 2.05) is 30.3 Å². The van der Waals surface area contributed by atoms with Gasteiger partial charge in [0.15, 0.2) is 6.54 Å². The number of nitrogens with one attached hydrogen (secondary N) is 1. The van der Waals surface area contributed by atoms with Crippen LogP contribution in [0.3, 0.4) is 0 Å². The second-order valence-electron chi connectivity index (χ2n) is 6.96. The number of carbonyl (C=O) groups is 3. The number of rotatable bonds is 5. The van der Waals surface area contributed by atoms with E-state index in [1.165, 1.54) is 9.15 Å². The molecule has 0 unspecified atom stereocenters. The van der Waals surface area contributed by atoms with Crippen LogP contribution >= 0.6 is 27.5 Å². The minimum absolute atomic E-state index is 0.235. The van der Waals surface area contributed by atoms with Gasteiger partial charge in [-0.15, -0.1) is 9.15 Å². The van der Waals surface area contributed by atoms with Crippen LogP contribution < -0.4 is 25.2 Å². The van der Waals surface area contributed by atoms with Crippen molar-refractivity contribution in [2.24, 2.45) is 0 Å². The maximum absolute atomic E-state index is 12.9. The van der Waals surface area contributed by atoms with Crippen LogP contribution in [-0.4, -0.2) is 24.3 Å². The summed E-state index contributed by atoms with van der Waals surface area (Å²) < 4.78 is 3.45. The molecular weight excluding hydrogens is 482 g/mol. The van der Waals surface area contributed by atoms with Gasteiger partial charge in [0.1, 0.15) is 0 Å². The summed E-state index contributed by atoms with van der Waals surface area (Å²) in [5, 5.41) is 4.08. The van der Waals surface area contributed by atoms with Gasteiger partial charge < -0.3 is 5.32 Å². The van der Waals surface area contributed by atoms with Crippen molar-refractivity contribution in [2.45, 2.75) is 6.54 Å². The Morgan fingerprint density at radius 3 is 2.26 bits per heavy atom. The number of anilines is 1. The van der Waals surface area contributed by atoms with E-state index < -0.39 is 17.7 Å². The van der Waals surface area contributed by atoms with E-state index in [1.54, 1.807) is 42.5 Å². The summed E-state index contributed by atoms with van der Waals surface area (Å²) in [4.78, 5) is 38.5. The zero-order chi connectivity index (χ0) is 22.0. The Hall–Kier alpha value is -3.16. The lowest BCUT2D eigenvalue weighted by Crippen LogP contribution is -2.61. The van der Waals surface area contributed by atoms with Gasteiger partial charge in [-0.2, -0.15) is 0 Å². The fraction of sp³-hybridized carbons (Fsp3) is 0.0870. The molecule has 6 nitrogen and oxygen atoms in total. The Bertz CT molecular complexity index is 1320. The molecule has 8 heteroatoms. The normalized spacial score (nSPS) is 13.2. The summed E-state index contributed by atoms with van der Waals surface area (Å²) in [5.41, 5.74) is 1.46. The standard InChI is InChI=1S/C23H16BrClN3O3/c24-16-6-9-18(10-7-16)26-21(29)14-28-20-12-17(25)8-11-19(20)27(22(30)23(28)31)13-15-4-2-1-3-5-15/h1-12H,13-14H2/q+1/p+1. The smallest absolute Gasteiger partial charge is 0.321 e. The van der Waals surface area contributed by atoms with E-state index in [-0.39, 0.29) is 13.1 Å². The lowest BCUT2D eigenvalue weighted by Gasteiger charge is -2.07. The quantitative estimate of drug-likeness (QED) is 0.432. The maximum atomic E-state index is 12.9. The molecule has 1 heterocycles. The van der Waals surface area contributed by atoms with Crippen molar-refractivity contribution in [1.29, 1.82) is 0 Å². The van der Waals surface area contributed by atoms with Crippen LogP contribution in [0.25, 0.3) is 0 Å². The zero-order valence-corrected chi connectivity index (χ0v) is 18.6. The van der Waals surface area contributed by atoms with Gasteiger partial charge in [0.05, 0.1) is 0 Å². The number of amides is 3. The molecule has 0 atom stereocenters. The van der Waals surface area contributed by atoms with Gasteiger partial charge in [0.2, 0.25) is 6.54 Å². The number of hydrogen-bond donors (Lipinski definition) is 1. The molecular formula is C23H17BrClN3O3+2. The highest BCUT2D eigenvalue weighted by atomic mass is 79.9. The summed E-state index contributed by atoms with van der Waals surface area (Å²) in [7, 11) is 0. The molecule has 154 valence electrons. The molecule has 4 rings (SSSR count). The van der Waals surface area contributed by atoms with Gasteiger partial charge in [0.25, 0.3) is 16.6 Å². The number of hydrogen-bond acceptors (Lipinski definition) is 3. The van der Waals surface area contributed by atoms with Crippen LogP contribution in [0.4, 0.5) is 5.69 Å². The topological polar surface area (TPSA) is 69.3 Å². The van der Waals surface area contributed by atoms with Crippen LogP contribution in [0, 0.1) is 0 Å². The Morgan fingerprint density at radius 1 is 0.871 bits per heavy atom. The average Bonchev–Trinajstić information content (AvgIpc) is 2.76. The molecule has 3 aromatic rings. The number of fused-ring (bicyclic) bond motifs is 1. The van der Waals surface area contributed by atoms with Crippen molar-refractivity contribution in [1.82, 2.24) is 9.15 Å².